The quantitative estimate of drug-likeness (QED) is 0.877. The highest BCUT2D eigenvalue weighted by atomic mass is 35.5. The maximum atomic E-state index is 13.2. The SMILES string of the molecule is COc1ccc(F)cc1CCNS(=O)(=O)c1cccc(Cl)c1. The van der Waals surface area contributed by atoms with E-state index in [2.05, 4.69) is 4.72 Å². The number of hydrogen-bond acceptors (Lipinski definition) is 3. The highest BCUT2D eigenvalue weighted by Crippen LogP contribution is 2.20. The Kier molecular flexibility index (Phi) is 5.39. The smallest absolute Gasteiger partial charge is 0.240 e. The third kappa shape index (κ3) is 4.19. The van der Waals surface area contributed by atoms with Crippen molar-refractivity contribution in [1.29, 1.82) is 0 Å². The van der Waals surface area contributed by atoms with Crippen molar-refractivity contribution >= 4 is 21.6 Å². The van der Waals surface area contributed by atoms with E-state index in [0.717, 1.165) is 0 Å². The summed E-state index contributed by atoms with van der Waals surface area (Å²) in [6.07, 6.45) is 0.306. The predicted octanol–water partition coefficient (Wildman–Crippen LogP) is 3.01. The Morgan fingerprint density at radius 1 is 1.23 bits per heavy atom. The number of nitrogens with one attached hydrogen (secondary N) is 1. The Morgan fingerprint density at radius 2 is 2.00 bits per heavy atom. The second-order valence-corrected chi connectivity index (χ2v) is 6.76. The van der Waals surface area contributed by atoms with Gasteiger partial charge in [0, 0.05) is 11.6 Å². The largest absolute Gasteiger partial charge is 0.496 e. The number of methoxy groups -OCH3 is 1. The Balaban J connectivity index is 2.06. The highest BCUT2D eigenvalue weighted by Gasteiger charge is 2.14. The van der Waals surface area contributed by atoms with Gasteiger partial charge in [0.25, 0.3) is 0 Å². The van der Waals surface area contributed by atoms with E-state index < -0.39 is 15.8 Å². The van der Waals surface area contributed by atoms with Gasteiger partial charge in [0.1, 0.15) is 11.6 Å². The molecule has 2 aromatic carbocycles. The third-order valence-corrected chi connectivity index (χ3v) is 4.73. The lowest BCUT2D eigenvalue weighted by molar-refractivity contribution is 0.408. The minimum atomic E-state index is -3.65. The number of hydrogen-bond donors (Lipinski definition) is 1. The predicted molar refractivity (Wildman–Crippen MR) is 83.3 cm³/mol. The zero-order chi connectivity index (χ0) is 16.2. The van der Waals surface area contributed by atoms with Crippen molar-refractivity contribution in [1.82, 2.24) is 4.72 Å². The minimum absolute atomic E-state index is 0.0891. The molecule has 118 valence electrons. The van der Waals surface area contributed by atoms with Crippen molar-refractivity contribution in [3.63, 3.8) is 0 Å². The van der Waals surface area contributed by atoms with Gasteiger partial charge in [-0.1, -0.05) is 17.7 Å². The van der Waals surface area contributed by atoms with E-state index in [-0.39, 0.29) is 11.4 Å². The van der Waals surface area contributed by atoms with E-state index in [1.807, 2.05) is 0 Å². The summed E-state index contributed by atoms with van der Waals surface area (Å²) in [4.78, 5) is 0.0891. The molecule has 0 saturated heterocycles. The first-order valence-electron chi connectivity index (χ1n) is 6.50. The average Bonchev–Trinajstić information content (AvgIpc) is 2.47. The van der Waals surface area contributed by atoms with Crippen molar-refractivity contribution in [3.05, 3.63) is 58.9 Å². The fourth-order valence-corrected chi connectivity index (χ4v) is 3.31. The molecule has 7 heteroatoms. The molecular formula is C15H15ClFNO3S. The van der Waals surface area contributed by atoms with Crippen molar-refractivity contribution in [3.8, 4) is 5.75 Å². The summed E-state index contributed by atoms with van der Waals surface area (Å²) in [5.74, 6) is 0.122. The summed E-state index contributed by atoms with van der Waals surface area (Å²) in [6.45, 7) is 0.120. The first-order chi connectivity index (χ1) is 10.4. The number of benzene rings is 2. The van der Waals surface area contributed by atoms with Crippen LogP contribution in [0.15, 0.2) is 47.4 Å². The van der Waals surface area contributed by atoms with Gasteiger partial charge in [-0.15, -0.1) is 0 Å². The lowest BCUT2D eigenvalue weighted by Crippen LogP contribution is -2.26. The molecule has 1 N–H and O–H groups in total. The molecule has 0 aliphatic carbocycles. The molecule has 0 spiro atoms. The Hall–Kier alpha value is -1.63. The molecule has 4 nitrogen and oxygen atoms in total. The van der Waals surface area contributed by atoms with Crippen molar-refractivity contribution < 1.29 is 17.5 Å². The van der Waals surface area contributed by atoms with Crippen LogP contribution in [0.1, 0.15) is 5.56 Å². The van der Waals surface area contributed by atoms with Crippen LogP contribution in [0, 0.1) is 5.82 Å². The lowest BCUT2D eigenvalue weighted by Gasteiger charge is -2.10. The van der Waals surface area contributed by atoms with E-state index in [1.165, 1.54) is 37.4 Å². The minimum Gasteiger partial charge on any atom is -0.496 e. The first-order valence-corrected chi connectivity index (χ1v) is 8.36. The maximum absolute atomic E-state index is 13.2. The van der Waals surface area contributed by atoms with Crippen LogP contribution in [0.4, 0.5) is 4.39 Å². The van der Waals surface area contributed by atoms with Gasteiger partial charge in [0.2, 0.25) is 10.0 Å². The van der Waals surface area contributed by atoms with E-state index >= 15 is 0 Å². The van der Waals surface area contributed by atoms with Gasteiger partial charge >= 0.3 is 0 Å². The normalized spacial score (nSPS) is 11.4. The van der Waals surface area contributed by atoms with Crippen LogP contribution >= 0.6 is 11.6 Å². The molecule has 22 heavy (non-hydrogen) atoms. The van der Waals surface area contributed by atoms with Crippen LogP contribution in [0.3, 0.4) is 0 Å². The summed E-state index contributed by atoms with van der Waals surface area (Å²) >= 11 is 5.79. The average molecular weight is 344 g/mol. The molecule has 0 saturated carbocycles. The Labute approximate surface area is 133 Å². The maximum Gasteiger partial charge on any atom is 0.240 e. The molecule has 0 radical (unpaired) electrons. The molecule has 0 unspecified atom stereocenters. The van der Waals surface area contributed by atoms with Crippen molar-refractivity contribution in [2.45, 2.75) is 11.3 Å². The van der Waals surface area contributed by atoms with Crippen molar-refractivity contribution in [2.75, 3.05) is 13.7 Å². The fourth-order valence-electron chi connectivity index (χ4n) is 1.98. The number of rotatable bonds is 6. The van der Waals surface area contributed by atoms with Crippen LogP contribution in [0.2, 0.25) is 5.02 Å². The third-order valence-electron chi connectivity index (χ3n) is 3.04. The molecule has 0 aromatic heterocycles. The summed E-state index contributed by atoms with van der Waals surface area (Å²) in [5.41, 5.74) is 0.594. The molecule has 2 aromatic rings. The number of ether oxygens (including phenoxy) is 1. The van der Waals surface area contributed by atoms with E-state index in [1.54, 1.807) is 12.1 Å². The van der Waals surface area contributed by atoms with E-state index in [9.17, 15) is 12.8 Å². The summed E-state index contributed by atoms with van der Waals surface area (Å²) in [5, 5.41) is 0.342. The van der Waals surface area contributed by atoms with E-state index in [4.69, 9.17) is 16.3 Å². The summed E-state index contributed by atoms with van der Waals surface area (Å²) in [7, 11) is -2.17. The van der Waals surface area contributed by atoms with Gasteiger partial charge < -0.3 is 4.74 Å². The van der Waals surface area contributed by atoms with Gasteiger partial charge in [-0.25, -0.2) is 17.5 Å². The molecule has 0 amide bonds. The Bertz CT molecular complexity index is 765. The van der Waals surface area contributed by atoms with Gasteiger partial charge in [-0.05, 0) is 48.4 Å². The van der Waals surface area contributed by atoms with Crippen molar-refractivity contribution in [2.24, 2.45) is 0 Å². The molecule has 2 rings (SSSR count). The monoisotopic (exact) mass is 343 g/mol. The van der Waals surface area contributed by atoms with Crippen LogP contribution in [0.25, 0.3) is 0 Å². The molecule has 0 atom stereocenters. The highest BCUT2D eigenvalue weighted by molar-refractivity contribution is 7.89. The molecule has 0 bridgehead atoms. The van der Waals surface area contributed by atoms with Gasteiger partial charge in [-0.2, -0.15) is 0 Å². The van der Waals surface area contributed by atoms with Gasteiger partial charge in [-0.3, -0.25) is 0 Å². The standard InChI is InChI=1S/C15H15ClFNO3S/c1-21-15-6-5-13(17)9-11(15)7-8-18-22(19,20)14-4-2-3-12(16)10-14/h2-6,9-10,18H,7-8H2,1H3. The lowest BCUT2D eigenvalue weighted by atomic mass is 10.1. The van der Waals surface area contributed by atoms with Crippen LogP contribution < -0.4 is 9.46 Å². The zero-order valence-electron chi connectivity index (χ0n) is 11.8. The number of sulfonamides is 1. The zero-order valence-corrected chi connectivity index (χ0v) is 13.4. The fraction of sp³-hybridized carbons (Fsp3) is 0.200. The summed E-state index contributed by atoms with van der Waals surface area (Å²) in [6, 6.07) is 10.1. The van der Waals surface area contributed by atoms with E-state index in [0.29, 0.717) is 22.8 Å². The van der Waals surface area contributed by atoms with Crippen LogP contribution in [0.5, 0.6) is 5.75 Å². The first kappa shape index (κ1) is 16.7. The second kappa shape index (κ2) is 7.09. The second-order valence-electron chi connectivity index (χ2n) is 4.56. The van der Waals surface area contributed by atoms with Gasteiger partial charge in [0.05, 0.1) is 12.0 Å². The number of halogens is 2. The molecular weight excluding hydrogens is 329 g/mol. The topological polar surface area (TPSA) is 55.4 Å². The van der Waals surface area contributed by atoms with Gasteiger partial charge in [0.15, 0.2) is 0 Å². The van der Waals surface area contributed by atoms with Crippen LogP contribution in [-0.2, 0) is 16.4 Å². The molecule has 0 heterocycles. The summed E-state index contributed by atoms with van der Waals surface area (Å²) < 4.78 is 45.1. The molecule has 0 aliphatic heterocycles. The van der Waals surface area contributed by atoms with Crippen LogP contribution in [-0.4, -0.2) is 22.1 Å². The molecule has 0 aliphatic rings. The molecule has 0 fully saturated rings. The Morgan fingerprint density at radius 3 is 2.68 bits per heavy atom.